The fourth-order valence-electron chi connectivity index (χ4n) is 4.89. The van der Waals surface area contributed by atoms with E-state index in [1.807, 2.05) is 25.9 Å². The molecule has 2 aliphatic rings. The van der Waals surface area contributed by atoms with Crippen molar-refractivity contribution in [3.63, 3.8) is 0 Å². The van der Waals surface area contributed by atoms with Crippen LogP contribution in [-0.4, -0.2) is 86.2 Å². The van der Waals surface area contributed by atoms with Crippen molar-refractivity contribution in [3.8, 4) is 5.75 Å². The first kappa shape index (κ1) is 27.8. The number of piperidine rings is 1. The van der Waals surface area contributed by atoms with Crippen LogP contribution in [0.15, 0.2) is 59.0 Å². The molecule has 0 radical (unpaired) electrons. The van der Waals surface area contributed by atoms with Crippen molar-refractivity contribution in [3.05, 3.63) is 65.2 Å². The standard InChI is InChI=1S/C28H35N3O6S/c1-4-37-22-13-11-20(12-14-22)25-24(27(33)28(34)31(25)18-17-29(2)3)26(32)21-9-8-10-23(19-21)38(35,36)30-15-6-5-7-16-30/h8-14,19,25,32H,4-7,15-18H2,1-3H3/t25-/m0/s1. The number of Topliss-reactive ketones (excluding diaryl/α,β-unsaturated/α-hetero) is 1. The van der Waals surface area contributed by atoms with Gasteiger partial charge >= 0.3 is 0 Å². The van der Waals surface area contributed by atoms with E-state index < -0.39 is 33.5 Å². The first-order chi connectivity index (χ1) is 18.1. The number of ketones is 1. The van der Waals surface area contributed by atoms with Gasteiger partial charge in [-0.15, -0.1) is 0 Å². The van der Waals surface area contributed by atoms with Gasteiger partial charge in [-0.1, -0.05) is 30.7 Å². The lowest BCUT2D eigenvalue weighted by atomic mass is 9.95. The van der Waals surface area contributed by atoms with Gasteiger partial charge in [-0.25, -0.2) is 8.42 Å². The minimum atomic E-state index is -3.75. The van der Waals surface area contributed by atoms with Crippen molar-refractivity contribution in [2.75, 3.05) is 46.9 Å². The van der Waals surface area contributed by atoms with Crippen LogP contribution in [0.4, 0.5) is 0 Å². The van der Waals surface area contributed by atoms with Crippen LogP contribution in [0.5, 0.6) is 5.75 Å². The molecular formula is C28H35N3O6S. The second-order valence-electron chi connectivity index (χ2n) is 9.79. The first-order valence-corrected chi connectivity index (χ1v) is 14.4. The molecule has 1 amide bonds. The highest BCUT2D eigenvalue weighted by Crippen LogP contribution is 2.40. The van der Waals surface area contributed by atoms with Crippen LogP contribution < -0.4 is 4.74 Å². The predicted octanol–water partition coefficient (Wildman–Crippen LogP) is 3.24. The van der Waals surface area contributed by atoms with Crippen molar-refractivity contribution in [2.24, 2.45) is 0 Å². The number of carbonyl (C=O) groups is 2. The van der Waals surface area contributed by atoms with Crippen LogP contribution in [0.25, 0.3) is 5.76 Å². The minimum absolute atomic E-state index is 0.0444. The van der Waals surface area contributed by atoms with Gasteiger partial charge in [-0.05, 0) is 63.7 Å². The molecule has 2 aliphatic heterocycles. The highest BCUT2D eigenvalue weighted by atomic mass is 32.2. The molecule has 9 nitrogen and oxygen atoms in total. The van der Waals surface area contributed by atoms with Crippen molar-refractivity contribution in [1.82, 2.24) is 14.1 Å². The Kier molecular flexibility index (Phi) is 8.54. The maximum absolute atomic E-state index is 13.3. The number of benzene rings is 2. The highest BCUT2D eigenvalue weighted by molar-refractivity contribution is 7.89. The Bertz CT molecular complexity index is 1310. The van der Waals surface area contributed by atoms with Gasteiger partial charge < -0.3 is 19.6 Å². The quantitative estimate of drug-likeness (QED) is 0.295. The molecule has 2 heterocycles. The summed E-state index contributed by atoms with van der Waals surface area (Å²) in [6.07, 6.45) is 2.60. The molecule has 0 aliphatic carbocycles. The van der Waals surface area contributed by atoms with E-state index >= 15 is 0 Å². The van der Waals surface area contributed by atoms with Crippen molar-refractivity contribution < 1.29 is 27.9 Å². The molecule has 0 saturated carbocycles. The molecule has 0 bridgehead atoms. The Morgan fingerprint density at radius 2 is 1.74 bits per heavy atom. The van der Waals surface area contributed by atoms with E-state index in [0.29, 0.717) is 37.6 Å². The number of aliphatic hydroxyl groups excluding tert-OH is 1. The number of amides is 1. The third-order valence-electron chi connectivity index (χ3n) is 6.90. The number of likely N-dealkylation sites (tertiary alicyclic amines) is 1. The van der Waals surface area contributed by atoms with Crippen LogP contribution in [-0.2, 0) is 19.6 Å². The minimum Gasteiger partial charge on any atom is -0.507 e. The van der Waals surface area contributed by atoms with Crippen LogP contribution in [0.3, 0.4) is 0 Å². The molecule has 0 unspecified atom stereocenters. The van der Waals surface area contributed by atoms with Crippen LogP contribution in [0.2, 0.25) is 0 Å². The molecule has 4 rings (SSSR count). The number of hydrogen-bond donors (Lipinski definition) is 1. The summed E-state index contributed by atoms with van der Waals surface area (Å²) in [6, 6.07) is 12.2. The van der Waals surface area contributed by atoms with E-state index in [1.165, 1.54) is 21.3 Å². The smallest absolute Gasteiger partial charge is 0.295 e. The monoisotopic (exact) mass is 541 g/mol. The molecule has 0 spiro atoms. The lowest BCUT2D eigenvalue weighted by molar-refractivity contribution is -0.140. The zero-order chi connectivity index (χ0) is 27.4. The van der Waals surface area contributed by atoms with Gasteiger partial charge in [0.1, 0.15) is 11.5 Å². The van der Waals surface area contributed by atoms with Gasteiger partial charge in [0.15, 0.2) is 0 Å². The maximum atomic E-state index is 13.3. The number of ether oxygens (including phenoxy) is 1. The van der Waals surface area contributed by atoms with Crippen LogP contribution in [0.1, 0.15) is 43.4 Å². The average molecular weight is 542 g/mol. The van der Waals surface area contributed by atoms with Crippen LogP contribution >= 0.6 is 0 Å². The molecule has 204 valence electrons. The second kappa shape index (κ2) is 11.7. The van der Waals surface area contributed by atoms with E-state index in [9.17, 15) is 23.1 Å². The number of rotatable bonds is 9. The Labute approximate surface area is 224 Å². The van der Waals surface area contributed by atoms with E-state index in [2.05, 4.69) is 0 Å². The Morgan fingerprint density at radius 1 is 1.05 bits per heavy atom. The van der Waals surface area contributed by atoms with Gasteiger partial charge in [0.25, 0.3) is 11.7 Å². The lowest BCUT2D eigenvalue weighted by Gasteiger charge is -2.27. The second-order valence-corrected chi connectivity index (χ2v) is 11.7. The van der Waals surface area contributed by atoms with Crippen molar-refractivity contribution in [1.29, 1.82) is 0 Å². The molecule has 2 aromatic carbocycles. The summed E-state index contributed by atoms with van der Waals surface area (Å²) in [6.45, 7) is 4.07. The number of aliphatic hydroxyl groups is 1. The van der Waals surface area contributed by atoms with Gasteiger partial charge in [-0.2, -0.15) is 4.31 Å². The largest absolute Gasteiger partial charge is 0.507 e. The normalized spacial score (nSPS) is 20.3. The lowest BCUT2D eigenvalue weighted by Crippen LogP contribution is -2.35. The van der Waals surface area contributed by atoms with Gasteiger partial charge in [-0.3, -0.25) is 9.59 Å². The van der Waals surface area contributed by atoms with Gasteiger partial charge in [0, 0.05) is 31.7 Å². The summed E-state index contributed by atoms with van der Waals surface area (Å²) in [7, 11) is -0.00924. The van der Waals surface area contributed by atoms with E-state index in [1.54, 1.807) is 36.4 Å². The molecule has 0 aromatic heterocycles. The summed E-state index contributed by atoms with van der Waals surface area (Å²) >= 11 is 0. The topological polar surface area (TPSA) is 107 Å². The molecule has 2 saturated heterocycles. The first-order valence-electron chi connectivity index (χ1n) is 12.9. The average Bonchev–Trinajstić information content (AvgIpc) is 3.17. The molecule has 38 heavy (non-hydrogen) atoms. The molecule has 2 aromatic rings. The SMILES string of the molecule is CCOc1ccc([C@H]2C(=C(O)c3cccc(S(=O)(=O)N4CCCCC4)c3)C(=O)C(=O)N2CCN(C)C)cc1. The summed E-state index contributed by atoms with van der Waals surface area (Å²) in [5, 5.41) is 11.4. The Morgan fingerprint density at radius 3 is 2.37 bits per heavy atom. The fraction of sp³-hybridized carbons (Fsp3) is 0.429. The zero-order valence-corrected chi connectivity index (χ0v) is 22.9. The number of likely N-dealkylation sites (N-methyl/N-ethyl adjacent to an activating group) is 1. The summed E-state index contributed by atoms with van der Waals surface area (Å²) in [5.41, 5.74) is 0.750. The maximum Gasteiger partial charge on any atom is 0.295 e. The predicted molar refractivity (Wildman–Crippen MR) is 144 cm³/mol. The van der Waals surface area contributed by atoms with Gasteiger partial charge in [0.05, 0.1) is 23.1 Å². The Hall–Kier alpha value is -3.21. The number of sulfonamides is 1. The molecule has 10 heteroatoms. The summed E-state index contributed by atoms with van der Waals surface area (Å²) < 4.78 is 33.5. The van der Waals surface area contributed by atoms with Crippen molar-refractivity contribution in [2.45, 2.75) is 37.1 Å². The van der Waals surface area contributed by atoms with E-state index in [4.69, 9.17) is 4.74 Å². The number of carbonyl (C=O) groups excluding carboxylic acids is 2. The van der Waals surface area contributed by atoms with Crippen molar-refractivity contribution >= 4 is 27.5 Å². The highest BCUT2D eigenvalue weighted by Gasteiger charge is 2.46. The number of nitrogens with zero attached hydrogens (tertiary/aromatic N) is 3. The molecule has 2 fully saturated rings. The third-order valence-corrected chi connectivity index (χ3v) is 8.79. The van der Waals surface area contributed by atoms with E-state index in [-0.39, 0.29) is 22.6 Å². The third kappa shape index (κ3) is 5.62. The van der Waals surface area contributed by atoms with E-state index in [0.717, 1.165) is 19.3 Å². The number of hydrogen-bond acceptors (Lipinski definition) is 7. The molecular weight excluding hydrogens is 506 g/mol. The molecule has 1 N–H and O–H groups in total. The fourth-order valence-corrected chi connectivity index (χ4v) is 6.46. The van der Waals surface area contributed by atoms with Crippen LogP contribution in [0, 0.1) is 0 Å². The summed E-state index contributed by atoms with van der Waals surface area (Å²) in [4.78, 5) is 29.8. The summed E-state index contributed by atoms with van der Waals surface area (Å²) in [5.74, 6) is -1.25. The zero-order valence-electron chi connectivity index (χ0n) is 22.1. The molecule has 1 atom stereocenters. The van der Waals surface area contributed by atoms with Gasteiger partial charge in [0.2, 0.25) is 10.0 Å². The Balaban J connectivity index is 1.78.